The molecule has 2 nitrogen and oxygen atoms in total. The molecule has 0 radical (unpaired) electrons. The van der Waals surface area contributed by atoms with Gasteiger partial charge in [-0.05, 0) is 49.6 Å². The fourth-order valence-electron chi connectivity index (χ4n) is 2.32. The van der Waals surface area contributed by atoms with Gasteiger partial charge in [-0.1, -0.05) is 36.4 Å². The number of nitrogens with one attached hydrogen (secondary N) is 1. The summed E-state index contributed by atoms with van der Waals surface area (Å²) in [4.78, 5) is 0. The number of hydrogen-bond acceptors (Lipinski definition) is 2. The van der Waals surface area contributed by atoms with E-state index < -0.39 is 0 Å². The number of hydrogen-bond donors (Lipinski definition) is 1. The van der Waals surface area contributed by atoms with E-state index in [2.05, 4.69) is 68.6 Å². The van der Waals surface area contributed by atoms with Crippen molar-refractivity contribution in [3.63, 3.8) is 0 Å². The van der Waals surface area contributed by atoms with Crippen LogP contribution in [0.2, 0.25) is 0 Å². The minimum Gasteiger partial charge on any atom is -0.492 e. The van der Waals surface area contributed by atoms with Crippen LogP contribution in [0.3, 0.4) is 0 Å². The maximum Gasteiger partial charge on any atom is 0.119 e. The van der Waals surface area contributed by atoms with Gasteiger partial charge in [-0.15, -0.1) is 0 Å². The third kappa shape index (κ3) is 4.39. The van der Waals surface area contributed by atoms with Gasteiger partial charge >= 0.3 is 0 Å². The minimum absolute atomic E-state index is 0.346. The zero-order valence-corrected chi connectivity index (χ0v) is 12.5. The third-order valence-corrected chi connectivity index (χ3v) is 3.32. The first kappa shape index (κ1) is 14.6. The van der Waals surface area contributed by atoms with Crippen LogP contribution in [-0.4, -0.2) is 13.2 Å². The molecule has 0 spiro atoms. The molecule has 0 saturated carbocycles. The zero-order valence-electron chi connectivity index (χ0n) is 12.5. The van der Waals surface area contributed by atoms with E-state index in [9.17, 15) is 0 Å². The zero-order chi connectivity index (χ0) is 14.4. The van der Waals surface area contributed by atoms with E-state index in [1.54, 1.807) is 0 Å². The molecule has 0 saturated heterocycles. The molecule has 20 heavy (non-hydrogen) atoms. The van der Waals surface area contributed by atoms with Crippen molar-refractivity contribution in [1.82, 2.24) is 5.32 Å². The predicted octanol–water partition coefficient (Wildman–Crippen LogP) is 4.03. The van der Waals surface area contributed by atoms with Crippen molar-refractivity contribution in [3.8, 4) is 5.75 Å². The van der Waals surface area contributed by atoms with Crippen LogP contribution in [0.1, 0.15) is 29.7 Å². The Bertz CT molecular complexity index is 516. The summed E-state index contributed by atoms with van der Waals surface area (Å²) >= 11 is 0. The highest BCUT2D eigenvalue weighted by Crippen LogP contribution is 2.16. The largest absolute Gasteiger partial charge is 0.492 e. The molecular weight excluding hydrogens is 246 g/mol. The van der Waals surface area contributed by atoms with E-state index in [-0.39, 0.29) is 0 Å². The van der Waals surface area contributed by atoms with Gasteiger partial charge in [0, 0.05) is 12.6 Å². The molecule has 0 aromatic heterocycles. The number of ether oxygens (including phenoxy) is 1. The molecule has 0 fully saturated rings. The van der Waals surface area contributed by atoms with Gasteiger partial charge in [0.2, 0.25) is 0 Å². The predicted molar refractivity (Wildman–Crippen MR) is 84.3 cm³/mol. The molecule has 0 aliphatic rings. The first-order chi connectivity index (χ1) is 9.65. The Morgan fingerprint density at radius 3 is 2.30 bits per heavy atom. The fourth-order valence-corrected chi connectivity index (χ4v) is 2.32. The molecule has 0 unspecified atom stereocenters. The summed E-state index contributed by atoms with van der Waals surface area (Å²) in [6.07, 6.45) is 0. The van der Waals surface area contributed by atoms with Crippen molar-refractivity contribution in [1.29, 1.82) is 0 Å². The smallest absolute Gasteiger partial charge is 0.119 e. The first-order valence-electron chi connectivity index (χ1n) is 7.14. The Kier molecular flexibility index (Phi) is 5.19. The molecule has 106 valence electrons. The molecule has 1 N–H and O–H groups in total. The molecule has 0 aliphatic carbocycles. The van der Waals surface area contributed by atoms with Crippen molar-refractivity contribution in [2.75, 3.05) is 13.2 Å². The van der Waals surface area contributed by atoms with Gasteiger partial charge in [0.05, 0.1) is 0 Å². The molecule has 2 rings (SSSR count). The average molecular weight is 269 g/mol. The quantitative estimate of drug-likeness (QED) is 0.799. The Hall–Kier alpha value is -1.80. The molecular formula is C18H23NO. The van der Waals surface area contributed by atoms with Crippen molar-refractivity contribution in [3.05, 3.63) is 65.2 Å². The van der Waals surface area contributed by atoms with E-state index in [1.807, 2.05) is 6.07 Å². The summed E-state index contributed by atoms with van der Waals surface area (Å²) in [5.41, 5.74) is 3.79. The van der Waals surface area contributed by atoms with Gasteiger partial charge in [-0.3, -0.25) is 0 Å². The van der Waals surface area contributed by atoms with Crippen LogP contribution in [0.15, 0.2) is 48.5 Å². The highest BCUT2D eigenvalue weighted by atomic mass is 16.5. The molecule has 0 heterocycles. The van der Waals surface area contributed by atoms with E-state index in [4.69, 9.17) is 4.74 Å². The standard InChI is InChI=1S/C18H23NO/c1-14-11-15(2)13-18(12-14)20-10-9-19-16(3)17-7-5-4-6-8-17/h4-8,11-13,16,19H,9-10H2,1-3H3/t16-/m0/s1. The molecule has 2 heteroatoms. The molecule has 2 aromatic rings. The molecule has 0 aliphatic heterocycles. The van der Waals surface area contributed by atoms with Gasteiger partial charge in [-0.25, -0.2) is 0 Å². The monoisotopic (exact) mass is 269 g/mol. The van der Waals surface area contributed by atoms with Crippen LogP contribution in [0.25, 0.3) is 0 Å². The maximum atomic E-state index is 5.79. The SMILES string of the molecule is Cc1cc(C)cc(OCCN[C@@H](C)c2ccccc2)c1. The minimum atomic E-state index is 0.346. The fraction of sp³-hybridized carbons (Fsp3) is 0.333. The Morgan fingerprint density at radius 1 is 1.00 bits per heavy atom. The lowest BCUT2D eigenvalue weighted by Crippen LogP contribution is -2.24. The summed E-state index contributed by atoms with van der Waals surface area (Å²) in [5.74, 6) is 0.955. The van der Waals surface area contributed by atoms with E-state index in [1.165, 1.54) is 16.7 Å². The van der Waals surface area contributed by atoms with Gasteiger partial charge in [-0.2, -0.15) is 0 Å². The lowest BCUT2D eigenvalue weighted by molar-refractivity contribution is 0.307. The highest BCUT2D eigenvalue weighted by Gasteiger charge is 2.03. The summed E-state index contributed by atoms with van der Waals surface area (Å²) in [5, 5.41) is 3.47. The maximum absolute atomic E-state index is 5.79. The van der Waals surface area contributed by atoms with Gasteiger partial charge in [0.1, 0.15) is 12.4 Å². The third-order valence-electron chi connectivity index (χ3n) is 3.32. The highest BCUT2D eigenvalue weighted by molar-refractivity contribution is 5.32. The van der Waals surface area contributed by atoms with E-state index in [0.717, 1.165) is 12.3 Å². The molecule has 1 atom stereocenters. The van der Waals surface area contributed by atoms with Crippen LogP contribution in [0.5, 0.6) is 5.75 Å². The van der Waals surface area contributed by atoms with Crippen LogP contribution in [0.4, 0.5) is 0 Å². The number of benzene rings is 2. The van der Waals surface area contributed by atoms with Crippen LogP contribution in [0, 0.1) is 13.8 Å². The average Bonchev–Trinajstić information content (AvgIpc) is 2.43. The van der Waals surface area contributed by atoms with E-state index >= 15 is 0 Å². The normalized spacial score (nSPS) is 12.2. The molecule has 2 aromatic carbocycles. The second kappa shape index (κ2) is 7.11. The second-order valence-corrected chi connectivity index (χ2v) is 5.26. The number of aryl methyl sites for hydroxylation is 2. The van der Waals surface area contributed by atoms with Gasteiger partial charge < -0.3 is 10.1 Å². The first-order valence-corrected chi connectivity index (χ1v) is 7.14. The lowest BCUT2D eigenvalue weighted by Gasteiger charge is -2.15. The Morgan fingerprint density at radius 2 is 1.65 bits per heavy atom. The lowest BCUT2D eigenvalue weighted by atomic mass is 10.1. The van der Waals surface area contributed by atoms with Crippen molar-refractivity contribution >= 4 is 0 Å². The second-order valence-electron chi connectivity index (χ2n) is 5.26. The number of rotatable bonds is 6. The van der Waals surface area contributed by atoms with Crippen molar-refractivity contribution in [2.24, 2.45) is 0 Å². The van der Waals surface area contributed by atoms with Crippen LogP contribution < -0.4 is 10.1 Å². The van der Waals surface area contributed by atoms with Crippen LogP contribution >= 0.6 is 0 Å². The summed E-state index contributed by atoms with van der Waals surface area (Å²) in [6, 6.07) is 17.1. The summed E-state index contributed by atoms with van der Waals surface area (Å²) < 4.78 is 5.79. The summed E-state index contributed by atoms with van der Waals surface area (Å²) in [6.45, 7) is 7.88. The Labute approximate surface area is 121 Å². The molecule has 0 bridgehead atoms. The van der Waals surface area contributed by atoms with Gasteiger partial charge in [0.15, 0.2) is 0 Å². The van der Waals surface area contributed by atoms with Crippen molar-refractivity contribution in [2.45, 2.75) is 26.8 Å². The Balaban J connectivity index is 1.76. The van der Waals surface area contributed by atoms with Crippen molar-refractivity contribution < 1.29 is 4.74 Å². The van der Waals surface area contributed by atoms with Crippen LogP contribution in [-0.2, 0) is 0 Å². The topological polar surface area (TPSA) is 21.3 Å². The van der Waals surface area contributed by atoms with Gasteiger partial charge in [0.25, 0.3) is 0 Å². The summed E-state index contributed by atoms with van der Waals surface area (Å²) in [7, 11) is 0. The van der Waals surface area contributed by atoms with E-state index in [0.29, 0.717) is 12.6 Å². The molecule has 0 amide bonds.